The Labute approximate surface area is 69.3 Å². The van der Waals surface area contributed by atoms with Crippen molar-refractivity contribution in [3.05, 3.63) is 24.3 Å². The highest BCUT2D eigenvalue weighted by atomic mass is 16.4. The van der Waals surface area contributed by atoms with Crippen molar-refractivity contribution in [2.24, 2.45) is 5.73 Å². The SMILES string of the molecule is C[C@@](N)(C(=O)O)c1cnccn1. The van der Waals surface area contributed by atoms with Crippen molar-refractivity contribution >= 4 is 5.97 Å². The predicted octanol–water partition coefficient (Wildman–Crippen LogP) is -0.265. The third kappa shape index (κ3) is 1.40. The molecule has 5 nitrogen and oxygen atoms in total. The van der Waals surface area contributed by atoms with E-state index in [1.807, 2.05) is 0 Å². The van der Waals surface area contributed by atoms with Gasteiger partial charge < -0.3 is 10.8 Å². The van der Waals surface area contributed by atoms with Crippen LogP contribution in [-0.4, -0.2) is 21.0 Å². The molecule has 1 heterocycles. The molecule has 12 heavy (non-hydrogen) atoms. The van der Waals surface area contributed by atoms with E-state index < -0.39 is 11.5 Å². The Bertz CT molecular complexity index is 284. The molecule has 0 aliphatic rings. The largest absolute Gasteiger partial charge is 0.480 e. The number of nitrogens with two attached hydrogens (primary N) is 1. The van der Waals surface area contributed by atoms with Gasteiger partial charge in [0.05, 0.1) is 11.9 Å². The van der Waals surface area contributed by atoms with Gasteiger partial charge in [-0.1, -0.05) is 0 Å². The standard InChI is InChI=1S/C7H9N3O2/c1-7(8,6(11)12)5-4-9-2-3-10-5/h2-4H,8H2,1H3,(H,11,12)/t7-/m0/s1. The second kappa shape index (κ2) is 2.86. The van der Waals surface area contributed by atoms with Crippen molar-refractivity contribution in [3.8, 4) is 0 Å². The molecule has 0 bridgehead atoms. The van der Waals surface area contributed by atoms with Crippen LogP contribution in [0, 0.1) is 0 Å². The number of carboxylic acids is 1. The van der Waals surface area contributed by atoms with Crippen molar-refractivity contribution in [1.82, 2.24) is 9.97 Å². The average molecular weight is 167 g/mol. The van der Waals surface area contributed by atoms with Crippen LogP contribution in [0.15, 0.2) is 18.6 Å². The fourth-order valence-corrected chi connectivity index (χ4v) is 0.677. The van der Waals surface area contributed by atoms with Gasteiger partial charge in [0.2, 0.25) is 0 Å². The number of carbonyl (C=O) groups is 1. The summed E-state index contributed by atoms with van der Waals surface area (Å²) >= 11 is 0. The van der Waals surface area contributed by atoms with Crippen LogP contribution in [0.4, 0.5) is 0 Å². The van der Waals surface area contributed by atoms with Gasteiger partial charge in [0.25, 0.3) is 0 Å². The molecule has 0 saturated heterocycles. The van der Waals surface area contributed by atoms with Gasteiger partial charge in [-0.15, -0.1) is 0 Å². The maximum atomic E-state index is 10.6. The quantitative estimate of drug-likeness (QED) is 0.633. The highest BCUT2D eigenvalue weighted by Crippen LogP contribution is 2.12. The Morgan fingerprint density at radius 1 is 1.67 bits per heavy atom. The molecule has 0 aliphatic carbocycles. The highest BCUT2D eigenvalue weighted by molar-refractivity contribution is 5.78. The Morgan fingerprint density at radius 3 is 2.75 bits per heavy atom. The molecule has 0 spiro atoms. The van der Waals surface area contributed by atoms with Gasteiger partial charge in [-0.25, -0.2) is 4.79 Å². The summed E-state index contributed by atoms with van der Waals surface area (Å²) in [5.74, 6) is -1.12. The van der Waals surface area contributed by atoms with Crippen molar-refractivity contribution in [3.63, 3.8) is 0 Å². The van der Waals surface area contributed by atoms with Gasteiger partial charge in [-0.2, -0.15) is 0 Å². The summed E-state index contributed by atoms with van der Waals surface area (Å²) in [6.07, 6.45) is 4.21. The Balaban J connectivity index is 3.06. The summed E-state index contributed by atoms with van der Waals surface area (Å²) in [6.45, 7) is 1.37. The predicted molar refractivity (Wildman–Crippen MR) is 41.2 cm³/mol. The summed E-state index contributed by atoms with van der Waals surface area (Å²) < 4.78 is 0. The van der Waals surface area contributed by atoms with Crippen LogP contribution in [0.5, 0.6) is 0 Å². The number of rotatable bonds is 2. The number of hydrogen-bond donors (Lipinski definition) is 2. The minimum Gasteiger partial charge on any atom is -0.480 e. The molecule has 1 aromatic rings. The monoisotopic (exact) mass is 167 g/mol. The lowest BCUT2D eigenvalue weighted by Crippen LogP contribution is -2.42. The smallest absolute Gasteiger partial charge is 0.329 e. The zero-order chi connectivity index (χ0) is 9.19. The van der Waals surface area contributed by atoms with Crippen LogP contribution in [0.3, 0.4) is 0 Å². The molecule has 1 aromatic heterocycles. The topological polar surface area (TPSA) is 89.1 Å². The molecule has 0 fully saturated rings. The molecule has 0 unspecified atom stereocenters. The molecule has 0 saturated carbocycles. The van der Waals surface area contributed by atoms with Gasteiger partial charge in [0, 0.05) is 12.4 Å². The summed E-state index contributed by atoms with van der Waals surface area (Å²) in [5, 5.41) is 8.70. The van der Waals surface area contributed by atoms with E-state index in [1.165, 1.54) is 25.5 Å². The summed E-state index contributed by atoms with van der Waals surface area (Å²) in [6, 6.07) is 0. The lowest BCUT2D eigenvalue weighted by atomic mass is 10.0. The molecule has 0 aromatic carbocycles. The molecular formula is C7H9N3O2. The number of aliphatic carboxylic acids is 1. The van der Waals surface area contributed by atoms with E-state index in [4.69, 9.17) is 10.8 Å². The first-order valence-corrected chi connectivity index (χ1v) is 3.34. The van der Waals surface area contributed by atoms with Crippen LogP contribution in [0.1, 0.15) is 12.6 Å². The van der Waals surface area contributed by atoms with E-state index in [-0.39, 0.29) is 5.69 Å². The minimum atomic E-state index is -1.46. The van der Waals surface area contributed by atoms with E-state index in [9.17, 15) is 4.79 Å². The van der Waals surface area contributed by atoms with Crippen LogP contribution >= 0.6 is 0 Å². The van der Waals surface area contributed by atoms with Crippen LogP contribution in [-0.2, 0) is 10.3 Å². The lowest BCUT2D eigenvalue weighted by Gasteiger charge is -2.16. The van der Waals surface area contributed by atoms with Gasteiger partial charge in [0.15, 0.2) is 5.54 Å². The molecule has 0 aliphatic heterocycles. The second-order valence-corrected chi connectivity index (χ2v) is 2.60. The zero-order valence-corrected chi connectivity index (χ0v) is 6.56. The summed E-state index contributed by atoms with van der Waals surface area (Å²) in [4.78, 5) is 18.2. The number of carboxylic acid groups (broad SMARTS) is 1. The zero-order valence-electron chi connectivity index (χ0n) is 6.56. The fourth-order valence-electron chi connectivity index (χ4n) is 0.677. The fraction of sp³-hybridized carbons (Fsp3) is 0.286. The summed E-state index contributed by atoms with van der Waals surface area (Å²) in [7, 11) is 0. The summed E-state index contributed by atoms with van der Waals surface area (Å²) in [5.41, 5.74) is 4.26. The van der Waals surface area contributed by atoms with Crippen LogP contribution in [0.2, 0.25) is 0 Å². The molecule has 5 heteroatoms. The van der Waals surface area contributed by atoms with Gasteiger partial charge in [-0.05, 0) is 6.92 Å². The molecule has 0 radical (unpaired) electrons. The van der Waals surface area contributed by atoms with E-state index in [2.05, 4.69) is 9.97 Å². The minimum absolute atomic E-state index is 0.248. The van der Waals surface area contributed by atoms with Crippen molar-refractivity contribution in [1.29, 1.82) is 0 Å². The molecule has 1 atom stereocenters. The Hall–Kier alpha value is -1.49. The van der Waals surface area contributed by atoms with Gasteiger partial charge in [-0.3, -0.25) is 9.97 Å². The average Bonchev–Trinajstić information content (AvgIpc) is 2.06. The number of nitrogens with zero attached hydrogens (tertiary/aromatic N) is 2. The molecule has 0 amide bonds. The lowest BCUT2D eigenvalue weighted by molar-refractivity contribution is -0.143. The van der Waals surface area contributed by atoms with Gasteiger partial charge >= 0.3 is 5.97 Å². The molecule has 1 rings (SSSR count). The van der Waals surface area contributed by atoms with Crippen LogP contribution < -0.4 is 5.73 Å². The Kier molecular flexibility index (Phi) is 2.05. The third-order valence-electron chi connectivity index (χ3n) is 1.54. The normalized spacial score (nSPS) is 15.2. The highest BCUT2D eigenvalue weighted by Gasteiger charge is 2.31. The second-order valence-electron chi connectivity index (χ2n) is 2.60. The maximum Gasteiger partial charge on any atom is 0.329 e. The van der Waals surface area contributed by atoms with E-state index in [1.54, 1.807) is 0 Å². The Morgan fingerprint density at radius 2 is 2.33 bits per heavy atom. The first-order chi connectivity index (χ1) is 5.55. The van der Waals surface area contributed by atoms with Crippen molar-refractivity contribution in [2.45, 2.75) is 12.5 Å². The van der Waals surface area contributed by atoms with Gasteiger partial charge in [0.1, 0.15) is 0 Å². The van der Waals surface area contributed by atoms with Crippen LogP contribution in [0.25, 0.3) is 0 Å². The van der Waals surface area contributed by atoms with E-state index >= 15 is 0 Å². The molecule has 64 valence electrons. The van der Waals surface area contributed by atoms with Crippen molar-refractivity contribution in [2.75, 3.05) is 0 Å². The maximum absolute atomic E-state index is 10.6. The van der Waals surface area contributed by atoms with Crippen molar-refractivity contribution < 1.29 is 9.90 Å². The van der Waals surface area contributed by atoms with E-state index in [0.717, 1.165) is 0 Å². The third-order valence-corrected chi connectivity index (χ3v) is 1.54. The molecular weight excluding hydrogens is 158 g/mol. The molecule has 3 N–H and O–H groups in total. The van der Waals surface area contributed by atoms with E-state index in [0.29, 0.717) is 0 Å². The number of aromatic nitrogens is 2. The first-order valence-electron chi connectivity index (χ1n) is 3.34. The number of hydrogen-bond acceptors (Lipinski definition) is 4. The first kappa shape index (κ1) is 8.61.